The number of ether oxygens (including phenoxy) is 1. The molecule has 0 aliphatic carbocycles. The van der Waals surface area contributed by atoms with Gasteiger partial charge in [0.05, 0.1) is 0 Å². The average Bonchev–Trinajstić information content (AvgIpc) is 2.77. The lowest BCUT2D eigenvalue weighted by Crippen LogP contribution is -2.23. The fourth-order valence-electron chi connectivity index (χ4n) is 3.96. The quantitative estimate of drug-likeness (QED) is 0.211. The van der Waals surface area contributed by atoms with Crippen LogP contribution >= 0.6 is 0 Å². The Hall–Kier alpha value is -2.61. The SMILES string of the molecule is C=CCC(C)(C)c1cc(COc2cccc(C(=O)C=C)c2C)cc(C(C)(CC)CC)c1. The van der Waals surface area contributed by atoms with Gasteiger partial charge in [-0.2, -0.15) is 0 Å². The van der Waals surface area contributed by atoms with Crippen LogP contribution in [0.1, 0.15) is 86.5 Å². The molecule has 0 bridgehead atoms. The Morgan fingerprint density at radius 1 is 1.03 bits per heavy atom. The minimum Gasteiger partial charge on any atom is -0.489 e. The third-order valence-corrected chi connectivity index (χ3v) is 6.82. The molecule has 2 aromatic carbocycles. The molecule has 0 unspecified atom stereocenters. The maximum Gasteiger partial charge on any atom is 0.185 e. The highest BCUT2D eigenvalue weighted by molar-refractivity contribution is 6.05. The predicted octanol–water partition coefficient (Wildman–Crippen LogP) is 7.87. The summed E-state index contributed by atoms with van der Waals surface area (Å²) in [6.45, 7) is 21.3. The standard InChI is InChI=1S/C29H38O2/c1-9-16-28(6,7)23-17-22(18-24(19-23)29(8,11-3)12-4)20-31-27-15-13-14-25(21(27)5)26(30)10-2/h9-10,13-15,17-19H,1-2,11-12,16,20H2,3-8H3. The molecule has 0 amide bonds. The zero-order valence-corrected chi connectivity index (χ0v) is 20.2. The van der Waals surface area contributed by atoms with Crippen molar-refractivity contribution in [3.63, 3.8) is 0 Å². The van der Waals surface area contributed by atoms with Crippen molar-refractivity contribution in [1.82, 2.24) is 0 Å². The van der Waals surface area contributed by atoms with E-state index in [0.29, 0.717) is 12.2 Å². The zero-order valence-electron chi connectivity index (χ0n) is 20.2. The maximum absolute atomic E-state index is 12.1. The number of hydrogen-bond acceptors (Lipinski definition) is 2. The fourth-order valence-corrected chi connectivity index (χ4v) is 3.96. The normalized spacial score (nSPS) is 11.8. The Balaban J connectivity index is 2.46. The largest absolute Gasteiger partial charge is 0.489 e. The van der Waals surface area contributed by atoms with E-state index in [0.717, 1.165) is 36.1 Å². The fraction of sp³-hybridized carbons (Fsp3) is 0.414. The summed E-state index contributed by atoms with van der Waals surface area (Å²) in [4.78, 5) is 12.1. The second kappa shape index (κ2) is 10.1. The van der Waals surface area contributed by atoms with Crippen molar-refractivity contribution in [3.8, 4) is 5.75 Å². The molecule has 0 radical (unpaired) electrons. The first-order valence-corrected chi connectivity index (χ1v) is 11.3. The Bertz CT molecular complexity index is 945. The highest BCUT2D eigenvalue weighted by Crippen LogP contribution is 2.36. The van der Waals surface area contributed by atoms with Crippen LogP contribution < -0.4 is 4.74 Å². The van der Waals surface area contributed by atoms with Crippen LogP contribution in [0.3, 0.4) is 0 Å². The van der Waals surface area contributed by atoms with Gasteiger partial charge in [-0.15, -0.1) is 6.58 Å². The lowest BCUT2D eigenvalue weighted by atomic mass is 9.73. The van der Waals surface area contributed by atoms with E-state index in [2.05, 4.69) is 66.0 Å². The molecule has 2 nitrogen and oxygen atoms in total. The first kappa shape index (κ1) is 24.7. The molecule has 0 aromatic heterocycles. The minimum absolute atomic E-state index is 0.00111. The minimum atomic E-state index is -0.0833. The lowest BCUT2D eigenvalue weighted by Gasteiger charge is -2.32. The van der Waals surface area contributed by atoms with E-state index in [4.69, 9.17) is 4.74 Å². The molecule has 0 saturated heterocycles. The molecule has 0 atom stereocenters. The molecule has 0 aliphatic heterocycles. The monoisotopic (exact) mass is 418 g/mol. The number of carbonyl (C=O) groups is 1. The average molecular weight is 419 g/mol. The topological polar surface area (TPSA) is 26.3 Å². The van der Waals surface area contributed by atoms with Crippen LogP contribution in [0.2, 0.25) is 0 Å². The summed E-state index contributed by atoms with van der Waals surface area (Å²) in [5, 5.41) is 0. The van der Waals surface area contributed by atoms with Crippen molar-refractivity contribution in [2.75, 3.05) is 0 Å². The van der Waals surface area contributed by atoms with E-state index < -0.39 is 0 Å². The molecule has 2 rings (SSSR count). The zero-order chi connectivity index (χ0) is 23.2. The summed E-state index contributed by atoms with van der Waals surface area (Å²) in [6.07, 6.45) is 6.42. The van der Waals surface area contributed by atoms with Crippen LogP contribution in [-0.2, 0) is 17.4 Å². The van der Waals surface area contributed by atoms with Crippen LogP contribution in [0.25, 0.3) is 0 Å². The second-order valence-electron chi connectivity index (χ2n) is 9.35. The first-order valence-electron chi connectivity index (χ1n) is 11.3. The molecule has 0 saturated carbocycles. The van der Waals surface area contributed by atoms with Crippen LogP contribution in [-0.4, -0.2) is 5.78 Å². The van der Waals surface area contributed by atoms with Crippen LogP contribution in [0.4, 0.5) is 0 Å². The summed E-state index contributed by atoms with van der Waals surface area (Å²) in [5.74, 6) is 0.652. The van der Waals surface area contributed by atoms with Gasteiger partial charge in [0.1, 0.15) is 12.4 Å². The Morgan fingerprint density at radius 2 is 1.68 bits per heavy atom. The summed E-state index contributed by atoms with van der Waals surface area (Å²) < 4.78 is 6.21. The van der Waals surface area contributed by atoms with E-state index >= 15 is 0 Å². The number of hydrogen-bond donors (Lipinski definition) is 0. The molecule has 0 aliphatic rings. The molecule has 2 aromatic rings. The van der Waals surface area contributed by atoms with Gasteiger partial charge in [0.15, 0.2) is 5.78 Å². The number of rotatable bonds is 11. The third-order valence-electron chi connectivity index (χ3n) is 6.82. The van der Waals surface area contributed by atoms with Gasteiger partial charge in [0.2, 0.25) is 0 Å². The van der Waals surface area contributed by atoms with E-state index in [-0.39, 0.29) is 16.6 Å². The van der Waals surface area contributed by atoms with E-state index in [9.17, 15) is 4.79 Å². The molecular formula is C29H38O2. The van der Waals surface area contributed by atoms with Crippen molar-refractivity contribution < 1.29 is 9.53 Å². The molecule has 0 heterocycles. The lowest BCUT2D eigenvalue weighted by molar-refractivity contribution is 0.104. The van der Waals surface area contributed by atoms with Gasteiger partial charge in [0.25, 0.3) is 0 Å². The Kier molecular flexibility index (Phi) is 8.06. The number of allylic oxidation sites excluding steroid dienone is 2. The van der Waals surface area contributed by atoms with Crippen LogP contribution in [0.15, 0.2) is 61.7 Å². The number of carbonyl (C=O) groups excluding carboxylic acids is 1. The maximum atomic E-state index is 12.1. The van der Waals surface area contributed by atoms with Crippen LogP contribution in [0.5, 0.6) is 5.75 Å². The van der Waals surface area contributed by atoms with Gasteiger partial charge < -0.3 is 4.74 Å². The summed E-state index contributed by atoms with van der Waals surface area (Å²) >= 11 is 0. The molecule has 31 heavy (non-hydrogen) atoms. The Labute approximate surface area is 189 Å². The van der Waals surface area contributed by atoms with E-state index in [1.807, 2.05) is 31.2 Å². The summed E-state index contributed by atoms with van der Waals surface area (Å²) in [7, 11) is 0. The van der Waals surface area contributed by atoms with Gasteiger partial charge in [-0.3, -0.25) is 4.79 Å². The van der Waals surface area contributed by atoms with Gasteiger partial charge >= 0.3 is 0 Å². The summed E-state index contributed by atoms with van der Waals surface area (Å²) in [5.41, 5.74) is 5.43. The third kappa shape index (κ3) is 5.55. The van der Waals surface area contributed by atoms with Crippen molar-refractivity contribution in [1.29, 1.82) is 0 Å². The molecule has 0 spiro atoms. The summed E-state index contributed by atoms with van der Waals surface area (Å²) in [6, 6.07) is 12.5. The smallest absolute Gasteiger partial charge is 0.185 e. The van der Waals surface area contributed by atoms with E-state index in [1.54, 1.807) is 0 Å². The van der Waals surface area contributed by atoms with Gasteiger partial charge in [-0.05, 0) is 65.8 Å². The van der Waals surface area contributed by atoms with Gasteiger partial charge in [-0.25, -0.2) is 0 Å². The molecule has 2 heteroatoms. The molecule has 0 N–H and O–H groups in total. The molecule has 0 fully saturated rings. The molecular weight excluding hydrogens is 380 g/mol. The Morgan fingerprint density at radius 3 is 2.26 bits per heavy atom. The highest BCUT2D eigenvalue weighted by atomic mass is 16.5. The van der Waals surface area contributed by atoms with Gasteiger partial charge in [0, 0.05) is 11.1 Å². The predicted molar refractivity (Wildman–Crippen MR) is 132 cm³/mol. The van der Waals surface area contributed by atoms with Crippen molar-refractivity contribution in [3.05, 3.63) is 89.5 Å². The second-order valence-corrected chi connectivity index (χ2v) is 9.35. The number of ketones is 1. The van der Waals surface area contributed by atoms with E-state index in [1.165, 1.54) is 17.2 Å². The van der Waals surface area contributed by atoms with Crippen molar-refractivity contribution >= 4 is 5.78 Å². The van der Waals surface area contributed by atoms with Gasteiger partial charge in [-0.1, -0.05) is 77.6 Å². The van der Waals surface area contributed by atoms with Crippen LogP contribution in [0, 0.1) is 6.92 Å². The highest BCUT2D eigenvalue weighted by Gasteiger charge is 2.27. The number of benzene rings is 2. The van der Waals surface area contributed by atoms with Crippen molar-refractivity contribution in [2.24, 2.45) is 0 Å². The van der Waals surface area contributed by atoms with Crippen molar-refractivity contribution in [2.45, 2.75) is 78.2 Å². The first-order chi connectivity index (χ1) is 14.6. The molecule has 166 valence electrons.